The molecule has 0 aliphatic heterocycles. The summed E-state index contributed by atoms with van der Waals surface area (Å²) in [6.07, 6.45) is -0.202. The van der Waals surface area contributed by atoms with Crippen LogP contribution < -0.4 is 5.32 Å². The fourth-order valence-electron chi connectivity index (χ4n) is 2.17. The highest BCUT2D eigenvalue weighted by Crippen LogP contribution is 2.06. The molecule has 0 aromatic heterocycles. The molecule has 1 aromatic carbocycles. The van der Waals surface area contributed by atoms with E-state index in [1.54, 1.807) is 24.3 Å². The van der Waals surface area contributed by atoms with Gasteiger partial charge in [0, 0.05) is 18.7 Å². The summed E-state index contributed by atoms with van der Waals surface area (Å²) >= 11 is 0. The summed E-state index contributed by atoms with van der Waals surface area (Å²) in [5.74, 6) is -1.14. The van der Waals surface area contributed by atoms with Crippen LogP contribution in [-0.2, 0) is 4.79 Å². The fourth-order valence-corrected chi connectivity index (χ4v) is 2.17. The van der Waals surface area contributed by atoms with Gasteiger partial charge in [0.1, 0.15) is 0 Å². The van der Waals surface area contributed by atoms with Crippen LogP contribution in [0.15, 0.2) is 30.3 Å². The third-order valence-electron chi connectivity index (χ3n) is 3.47. The summed E-state index contributed by atoms with van der Waals surface area (Å²) in [5, 5.41) is 12.1. The molecule has 116 valence electrons. The van der Waals surface area contributed by atoms with Crippen molar-refractivity contribution < 1.29 is 14.7 Å². The van der Waals surface area contributed by atoms with Crippen molar-refractivity contribution in [3.63, 3.8) is 0 Å². The average Bonchev–Trinajstić information content (AvgIpc) is 2.50. The molecule has 5 heteroatoms. The Balaban J connectivity index is 2.63. The maximum absolute atomic E-state index is 12.4. The lowest BCUT2D eigenvalue weighted by Crippen LogP contribution is -2.42. The lowest BCUT2D eigenvalue weighted by atomic mass is 10.0. The molecule has 0 amide bonds. The minimum Gasteiger partial charge on any atom is -0.481 e. The van der Waals surface area contributed by atoms with Crippen LogP contribution >= 0.6 is 0 Å². The van der Waals surface area contributed by atoms with Gasteiger partial charge < -0.3 is 15.3 Å². The molecule has 21 heavy (non-hydrogen) atoms. The zero-order valence-corrected chi connectivity index (χ0v) is 12.7. The molecule has 0 saturated carbocycles. The van der Waals surface area contributed by atoms with E-state index >= 15 is 0 Å². The largest absolute Gasteiger partial charge is 0.481 e. The van der Waals surface area contributed by atoms with E-state index in [9.17, 15) is 9.59 Å². The number of rotatable bonds is 10. The Morgan fingerprint density at radius 3 is 2.33 bits per heavy atom. The standard InChI is InChI=1S/C16H24N2O3/c1-3-18(4-2)11-10-17-14(12-15(19)20)16(21)13-8-6-5-7-9-13/h5-9,14,17H,3-4,10-12H2,1-2H3,(H,19,20). The highest BCUT2D eigenvalue weighted by Gasteiger charge is 2.22. The van der Waals surface area contributed by atoms with E-state index in [-0.39, 0.29) is 12.2 Å². The van der Waals surface area contributed by atoms with Crippen LogP contribution in [0.1, 0.15) is 30.6 Å². The summed E-state index contributed by atoms with van der Waals surface area (Å²) in [6, 6.07) is 8.13. The predicted octanol–water partition coefficient (Wildman–Crippen LogP) is 1.64. The molecular formula is C16H24N2O3. The molecule has 0 heterocycles. The minimum atomic E-state index is -0.973. The van der Waals surface area contributed by atoms with Gasteiger partial charge in [-0.1, -0.05) is 44.2 Å². The van der Waals surface area contributed by atoms with Gasteiger partial charge in [-0.25, -0.2) is 0 Å². The van der Waals surface area contributed by atoms with Crippen LogP contribution in [0.25, 0.3) is 0 Å². The number of benzene rings is 1. The Bertz CT molecular complexity index is 444. The summed E-state index contributed by atoms with van der Waals surface area (Å²) in [5.41, 5.74) is 0.541. The quantitative estimate of drug-likeness (QED) is 0.642. The van der Waals surface area contributed by atoms with Crippen molar-refractivity contribution in [1.82, 2.24) is 10.2 Å². The smallest absolute Gasteiger partial charge is 0.305 e. The first-order valence-electron chi connectivity index (χ1n) is 7.35. The number of aliphatic carboxylic acids is 1. The number of nitrogens with one attached hydrogen (secondary N) is 1. The number of carbonyl (C=O) groups is 2. The molecule has 5 nitrogen and oxygen atoms in total. The third kappa shape index (κ3) is 6.06. The number of hydrogen-bond acceptors (Lipinski definition) is 4. The number of carbonyl (C=O) groups excluding carboxylic acids is 1. The van der Waals surface area contributed by atoms with Gasteiger partial charge >= 0.3 is 5.97 Å². The Labute approximate surface area is 126 Å². The van der Waals surface area contributed by atoms with E-state index in [0.29, 0.717) is 12.1 Å². The van der Waals surface area contributed by atoms with Crippen LogP contribution in [-0.4, -0.2) is 54.0 Å². The van der Waals surface area contributed by atoms with Crippen molar-refractivity contribution in [3.05, 3.63) is 35.9 Å². The van der Waals surface area contributed by atoms with Gasteiger partial charge in [0.2, 0.25) is 0 Å². The molecule has 0 radical (unpaired) electrons. The molecule has 1 aromatic rings. The van der Waals surface area contributed by atoms with Gasteiger partial charge in [-0.3, -0.25) is 9.59 Å². The Morgan fingerprint density at radius 1 is 1.19 bits per heavy atom. The molecule has 0 bridgehead atoms. The number of likely N-dealkylation sites (N-methyl/N-ethyl adjacent to an activating group) is 1. The fraction of sp³-hybridized carbons (Fsp3) is 0.500. The summed E-state index contributed by atoms with van der Waals surface area (Å²) in [7, 11) is 0. The van der Waals surface area contributed by atoms with Crippen LogP contribution in [0.5, 0.6) is 0 Å². The van der Waals surface area contributed by atoms with Gasteiger partial charge in [-0.15, -0.1) is 0 Å². The van der Waals surface area contributed by atoms with Crippen LogP contribution in [0.4, 0.5) is 0 Å². The minimum absolute atomic E-state index is 0.169. The number of carboxylic acids is 1. The summed E-state index contributed by atoms with van der Waals surface area (Å²) in [6.45, 7) is 7.42. The first kappa shape index (κ1) is 17.3. The lowest BCUT2D eigenvalue weighted by molar-refractivity contribution is -0.137. The molecule has 2 N–H and O–H groups in total. The van der Waals surface area contributed by atoms with Crippen molar-refractivity contribution in [2.24, 2.45) is 0 Å². The molecule has 0 spiro atoms. The van der Waals surface area contributed by atoms with Gasteiger partial charge in [-0.2, -0.15) is 0 Å². The molecule has 0 aliphatic rings. The predicted molar refractivity (Wildman–Crippen MR) is 82.6 cm³/mol. The van der Waals surface area contributed by atoms with E-state index in [2.05, 4.69) is 24.1 Å². The number of hydrogen-bond donors (Lipinski definition) is 2. The van der Waals surface area contributed by atoms with Crippen LogP contribution in [0.2, 0.25) is 0 Å². The second-order valence-corrected chi connectivity index (χ2v) is 4.86. The zero-order chi connectivity index (χ0) is 15.7. The Kier molecular flexibility index (Phi) is 7.64. The third-order valence-corrected chi connectivity index (χ3v) is 3.47. The van der Waals surface area contributed by atoms with Gasteiger partial charge in [0.15, 0.2) is 5.78 Å². The van der Waals surface area contributed by atoms with Crippen molar-refractivity contribution >= 4 is 11.8 Å². The molecular weight excluding hydrogens is 268 g/mol. The number of ketones is 1. The van der Waals surface area contributed by atoms with E-state index in [1.165, 1.54) is 0 Å². The van der Waals surface area contributed by atoms with Crippen molar-refractivity contribution in [2.75, 3.05) is 26.2 Å². The molecule has 1 atom stereocenters. The van der Waals surface area contributed by atoms with Gasteiger partial charge in [-0.05, 0) is 13.1 Å². The number of Topliss-reactive ketones (excluding diaryl/α,β-unsaturated/α-hetero) is 1. The molecule has 0 aliphatic carbocycles. The molecule has 0 fully saturated rings. The number of carboxylic acid groups (broad SMARTS) is 1. The van der Waals surface area contributed by atoms with Gasteiger partial charge in [0.05, 0.1) is 12.5 Å². The maximum Gasteiger partial charge on any atom is 0.305 e. The Morgan fingerprint density at radius 2 is 1.81 bits per heavy atom. The SMILES string of the molecule is CCN(CC)CCNC(CC(=O)O)C(=O)c1ccccc1. The van der Waals surface area contributed by atoms with Crippen molar-refractivity contribution in [1.29, 1.82) is 0 Å². The van der Waals surface area contributed by atoms with E-state index in [0.717, 1.165) is 19.6 Å². The Hall–Kier alpha value is -1.72. The van der Waals surface area contributed by atoms with Crippen LogP contribution in [0.3, 0.4) is 0 Å². The molecule has 0 saturated heterocycles. The maximum atomic E-state index is 12.4. The molecule has 1 unspecified atom stereocenters. The van der Waals surface area contributed by atoms with Crippen molar-refractivity contribution in [2.45, 2.75) is 26.3 Å². The first-order valence-corrected chi connectivity index (χ1v) is 7.35. The highest BCUT2D eigenvalue weighted by molar-refractivity contribution is 6.01. The second kappa shape index (κ2) is 9.26. The monoisotopic (exact) mass is 292 g/mol. The van der Waals surface area contributed by atoms with Crippen molar-refractivity contribution in [3.8, 4) is 0 Å². The highest BCUT2D eigenvalue weighted by atomic mass is 16.4. The average molecular weight is 292 g/mol. The summed E-state index contributed by atoms with van der Waals surface area (Å²) in [4.78, 5) is 25.5. The van der Waals surface area contributed by atoms with Crippen LogP contribution in [0, 0.1) is 0 Å². The topological polar surface area (TPSA) is 69.6 Å². The zero-order valence-electron chi connectivity index (χ0n) is 12.7. The molecule has 1 rings (SSSR count). The van der Waals surface area contributed by atoms with Gasteiger partial charge in [0.25, 0.3) is 0 Å². The van der Waals surface area contributed by atoms with E-state index in [1.807, 2.05) is 6.07 Å². The lowest BCUT2D eigenvalue weighted by Gasteiger charge is -2.21. The first-order chi connectivity index (χ1) is 10.1. The summed E-state index contributed by atoms with van der Waals surface area (Å²) < 4.78 is 0. The number of nitrogens with zero attached hydrogens (tertiary/aromatic N) is 1. The van der Waals surface area contributed by atoms with E-state index < -0.39 is 12.0 Å². The normalized spacial score (nSPS) is 12.3. The van der Waals surface area contributed by atoms with E-state index in [4.69, 9.17) is 5.11 Å². The second-order valence-electron chi connectivity index (χ2n) is 4.86.